The Hall–Kier alpha value is -0.670. The van der Waals surface area contributed by atoms with Gasteiger partial charge in [0.25, 0.3) is 0 Å². The minimum atomic E-state index is -0.677. The minimum absolute atomic E-state index is 0.249. The molecule has 3 atom stereocenters. The fourth-order valence-corrected chi connectivity index (χ4v) is 3.49. The highest BCUT2D eigenvalue weighted by atomic mass is 32.2. The molecular weight excluding hydrogens is 218 g/mol. The third-order valence-electron chi connectivity index (χ3n) is 3.10. The smallest absolute Gasteiger partial charge is 0.0438 e. The summed E-state index contributed by atoms with van der Waals surface area (Å²) in [5.41, 5.74) is 2.53. The van der Waals surface area contributed by atoms with Gasteiger partial charge in [-0.1, -0.05) is 29.8 Å². The van der Waals surface area contributed by atoms with Crippen molar-refractivity contribution in [3.05, 3.63) is 35.4 Å². The van der Waals surface area contributed by atoms with E-state index in [0.29, 0.717) is 6.04 Å². The highest BCUT2D eigenvalue weighted by molar-refractivity contribution is 7.85. The first-order chi connectivity index (χ1) is 7.65. The van der Waals surface area contributed by atoms with Crippen LogP contribution < -0.4 is 5.32 Å². The van der Waals surface area contributed by atoms with Crippen molar-refractivity contribution in [2.75, 3.05) is 11.5 Å². The molecule has 0 radical (unpaired) electrons. The van der Waals surface area contributed by atoms with Crippen molar-refractivity contribution in [1.82, 2.24) is 5.32 Å². The predicted molar refractivity (Wildman–Crippen MR) is 69.0 cm³/mol. The van der Waals surface area contributed by atoms with Gasteiger partial charge in [0.2, 0.25) is 0 Å². The summed E-state index contributed by atoms with van der Waals surface area (Å²) in [6.45, 7) is 4.26. The van der Waals surface area contributed by atoms with E-state index in [9.17, 15) is 4.21 Å². The van der Waals surface area contributed by atoms with Crippen LogP contribution in [0.25, 0.3) is 0 Å². The van der Waals surface area contributed by atoms with Crippen LogP contribution in [0.15, 0.2) is 24.3 Å². The lowest BCUT2D eigenvalue weighted by Gasteiger charge is -2.19. The Morgan fingerprint density at radius 1 is 1.31 bits per heavy atom. The maximum atomic E-state index is 11.8. The minimum Gasteiger partial charge on any atom is -0.307 e. The van der Waals surface area contributed by atoms with E-state index in [4.69, 9.17) is 0 Å². The van der Waals surface area contributed by atoms with Crippen LogP contribution in [-0.2, 0) is 10.8 Å². The van der Waals surface area contributed by atoms with Crippen molar-refractivity contribution >= 4 is 10.8 Å². The van der Waals surface area contributed by atoms with Gasteiger partial charge in [-0.3, -0.25) is 4.21 Å². The summed E-state index contributed by atoms with van der Waals surface area (Å²) in [4.78, 5) is 0. The van der Waals surface area contributed by atoms with Gasteiger partial charge in [0.05, 0.1) is 0 Å². The number of aryl methyl sites for hydroxylation is 1. The van der Waals surface area contributed by atoms with E-state index < -0.39 is 10.8 Å². The first-order valence-electron chi connectivity index (χ1n) is 5.83. The molecule has 0 amide bonds. The van der Waals surface area contributed by atoms with Crippen molar-refractivity contribution in [3.8, 4) is 0 Å². The zero-order valence-corrected chi connectivity index (χ0v) is 10.7. The van der Waals surface area contributed by atoms with Crippen molar-refractivity contribution in [2.24, 2.45) is 0 Å². The first-order valence-corrected chi connectivity index (χ1v) is 7.31. The van der Waals surface area contributed by atoms with Crippen LogP contribution in [0.5, 0.6) is 0 Å². The summed E-state index contributed by atoms with van der Waals surface area (Å²) in [5.74, 6) is 1.57. The molecule has 2 rings (SSSR count). The van der Waals surface area contributed by atoms with Gasteiger partial charge >= 0.3 is 0 Å². The molecule has 88 valence electrons. The van der Waals surface area contributed by atoms with Gasteiger partial charge in [-0.25, -0.2) is 0 Å². The Labute approximate surface area is 99.9 Å². The van der Waals surface area contributed by atoms with Crippen LogP contribution in [0.4, 0.5) is 0 Å². The van der Waals surface area contributed by atoms with Crippen molar-refractivity contribution < 1.29 is 4.21 Å². The summed E-state index contributed by atoms with van der Waals surface area (Å²) >= 11 is 0. The molecule has 3 unspecified atom stereocenters. The summed E-state index contributed by atoms with van der Waals surface area (Å²) < 4.78 is 11.8. The Bertz CT molecular complexity index is 374. The lowest BCUT2D eigenvalue weighted by molar-refractivity contribution is 0.484. The van der Waals surface area contributed by atoms with E-state index in [-0.39, 0.29) is 6.04 Å². The van der Waals surface area contributed by atoms with Crippen LogP contribution in [-0.4, -0.2) is 21.8 Å². The molecule has 0 spiro atoms. The quantitative estimate of drug-likeness (QED) is 0.811. The molecule has 1 heterocycles. The van der Waals surface area contributed by atoms with E-state index in [1.807, 2.05) is 0 Å². The SMILES string of the molecule is Cc1ccc(C2CS(=O)CCC(C)N2)cc1. The maximum Gasteiger partial charge on any atom is 0.0438 e. The van der Waals surface area contributed by atoms with E-state index >= 15 is 0 Å². The molecule has 0 aliphatic carbocycles. The third kappa shape index (κ3) is 2.92. The molecule has 16 heavy (non-hydrogen) atoms. The zero-order chi connectivity index (χ0) is 11.5. The molecule has 1 aliphatic rings. The zero-order valence-electron chi connectivity index (χ0n) is 9.90. The second-order valence-electron chi connectivity index (χ2n) is 4.63. The van der Waals surface area contributed by atoms with Crippen molar-refractivity contribution in [3.63, 3.8) is 0 Å². The molecule has 1 aromatic rings. The molecule has 1 saturated heterocycles. The lowest BCUT2D eigenvalue weighted by atomic mass is 10.1. The van der Waals surface area contributed by atoms with Gasteiger partial charge in [0, 0.05) is 34.4 Å². The van der Waals surface area contributed by atoms with Crippen LogP contribution in [0.2, 0.25) is 0 Å². The average Bonchev–Trinajstić information content (AvgIpc) is 2.42. The third-order valence-corrected chi connectivity index (χ3v) is 4.49. The molecule has 1 fully saturated rings. The van der Waals surface area contributed by atoms with Gasteiger partial charge in [-0.2, -0.15) is 0 Å². The van der Waals surface area contributed by atoms with Gasteiger partial charge in [0.1, 0.15) is 0 Å². The summed E-state index contributed by atoms with van der Waals surface area (Å²) in [5, 5.41) is 3.55. The number of benzene rings is 1. The summed E-state index contributed by atoms with van der Waals surface area (Å²) in [6, 6.07) is 9.23. The largest absolute Gasteiger partial charge is 0.307 e. The van der Waals surface area contributed by atoms with Gasteiger partial charge in [0.15, 0.2) is 0 Å². The fraction of sp³-hybridized carbons (Fsp3) is 0.538. The number of rotatable bonds is 1. The van der Waals surface area contributed by atoms with Crippen molar-refractivity contribution in [2.45, 2.75) is 32.4 Å². The van der Waals surface area contributed by atoms with E-state index in [1.54, 1.807) is 0 Å². The highest BCUT2D eigenvalue weighted by Gasteiger charge is 2.21. The highest BCUT2D eigenvalue weighted by Crippen LogP contribution is 2.19. The predicted octanol–water partition coefficient (Wildman–Crippen LogP) is 2.17. The Morgan fingerprint density at radius 3 is 2.69 bits per heavy atom. The van der Waals surface area contributed by atoms with Crippen molar-refractivity contribution in [1.29, 1.82) is 0 Å². The lowest BCUT2D eigenvalue weighted by Crippen LogP contribution is -2.30. The molecule has 0 saturated carbocycles. The summed E-state index contributed by atoms with van der Waals surface area (Å²) in [7, 11) is -0.677. The first kappa shape index (κ1) is 11.8. The normalized spacial score (nSPS) is 31.0. The Morgan fingerprint density at radius 2 is 2.00 bits per heavy atom. The van der Waals surface area contributed by atoms with Crippen LogP contribution in [0, 0.1) is 6.92 Å². The van der Waals surface area contributed by atoms with Gasteiger partial charge in [-0.05, 0) is 25.8 Å². The van der Waals surface area contributed by atoms with Crippen LogP contribution in [0.1, 0.15) is 30.5 Å². The number of nitrogens with one attached hydrogen (secondary N) is 1. The molecule has 2 nitrogen and oxygen atoms in total. The molecule has 0 aromatic heterocycles. The molecule has 3 heteroatoms. The molecular formula is C13H19NOS. The number of hydrogen-bond donors (Lipinski definition) is 1. The van der Waals surface area contributed by atoms with Crippen LogP contribution in [0.3, 0.4) is 0 Å². The average molecular weight is 237 g/mol. The van der Waals surface area contributed by atoms with Gasteiger partial charge < -0.3 is 5.32 Å². The van der Waals surface area contributed by atoms with Crippen LogP contribution >= 0.6 is 0 Å². The Kier molecular flexibility index (Phi) is 3.77. The molecule has 1 aromatic carbocycles. The van der Waals surface area contributed by atoms with E-state index in [0.717, 1.165) is 17.9 Å². The molecule has 0 bridgehead atoms. The molecule has 1 N–H and O–H groups in total. The fourth-order valence-electron chi connectivity index (χ4n) is 2.04. The van der Waals surface area contributed by atoms with Gasteiger partial charge in [-0.15, -0.1) is 0 Å². The summed E-state index contributed by atoms with van der Waals surface area (Å²) in [6.07, 6.45) is 1.01. The van der Waals surface area contributed by atoms with E-state index in [1.165, 1.54) is 11.1 Å². The monoisotopic (exact) mass is 237 g/mol. The standard InChI is InChI=1S/C13H19NOS/c1-10-3-5-12(6-4-10)13-9-16(15)8-7-11(2)14-13/h3-6,11,13-14H,7-9H2,1-2H3. The maximum absolute atomic E-state index is 11.8. The topological polar surface area (TPSA) is 29.1 Å². The second kappa shape index (κ2) is 5.11. The van der Waals surface area contributed by atoms with E-state index in [2.05, 4.69) is 43.4 Å². The molecule has 1 aliphatic heterocycles. The number of hydrogen-bond acceptors (Lipinski definition) is 2. The Balaban J connectivity index is 2.18. The second-order valence-corrected chi connectivity index (χ2v) is 6.25.